The van der Waals surface area contributed by atoms with Crippen LogP contribution in [0.5, 0.6) is 0 Å². The Morgan fingerprint density at radius 3 is 2.77 bits per heavy atom. The molecule has 0 bridgehead atoms. The maximum Gasteiger partial charge on any atom is 0.0398 e. The van der Waals surface area contributed by atoms with Crippen LogP contribution in [0.1, 0.15) is 12.0 Å². The molecule has 0 atom stereocenters. The first-order valence-electron chi connectivity index (χ1n) is 4.25. The summed E-state index contributed by atoms with van der Waals surface area (Å²) in [7, 11) is 0. The number of rotatable bonds is 5. The Kier molecular flexibility index (Phi) is 5.29. The zero-order valence-corrected chi connectivity index (χ0v) is 8.20. The van der Waals surface area contributed by atoms with E-state index in [0.29, 0.717) is 0 Å². The molecule has 0 saturated heterocycles. The molecule has 0 heterocycles. The van der Waals surface area contributed by atoms with Crippen molar-refractivity contribution in [2.45, 2.75) is 6.42 Å². The predicted octanol–water partition coefficient (Wildman–Crippen LogP) is 2.70. The molecule has 0 aromatic heterocycles. The fraction of sp³-hybridized carbons (Fsp3) is 0.300. The number of hydrogen-bond donors (Lipinski definition) is 1. The van der Waals surface area contributed by atoms with Crippen molar-refractivity contribution in [1.29, 1.82) is 0 Å². The van der Waals surface area contributed by atoms with Gasteiger partial charge in [0.25, 0.3) is 0 Å². The van der Waals surface area contributed by atoms with E-state index in [1.165, 1.54) is 0 Å². The Morgan fingerprint density at radius 1 is 1.31 bits per heavy atom. The normalized spacial score (nSPS) is 10.8. The van der Waals surface area contributed by atoms with Crippen molar-refractivity contribution in [2.24, 2.45) is 4.99 Å². The van der Waals surface area contributed by atoms with Crippen molar-refractivity contribution in [3.63, 3.8) is 0 Å². The second kappa shape index (κ2) is 6.69. The highest BCUT2D eigenvalue weighted by atomic mass is 32.2. The van der Waals surface area contributed by atoms with Crippen molar-refractivity contribution in [3.05, 3.63) is 35.9 Å². The van der Waals surface area contributed by atoms with E-state index in [1.807, 2.05) is 36.5 Å². The van der Waals surface area contributed by atoms with Gasteiger partial charge in [-0.3, -0.25) is 4.99 Å². The van der Waals surface area contributed by atoms with Gasteiger partial charge in [0.15, 0.2) is 0 Å². The molecule has 0 fully saturated rings. The summed E-state index contributed by atoms with van der Waals surface area (Å²) in [5, 5.41) is 0. The second-order valence-corrected chi connectivity index (χ2v) is 3.30. The minimum Gasteiger partial charge on any atom is -0.330 e. The van der Waals surface area contributed by atoms with Crippen LogP contribution in [0.25, 0.3) is 0 Å². The largest absolute Gasteiger partial charge is 0.330 e. The molecule has 1 aromatic rings. The Balaban J connectivity index is 2.25. The molecule has 3 heteroatoms. The summed E-state index contributed by atoms with van der Waals surface area (Å²) >= 11 is 0.874. The molecule has 0 radical (unpaired) electrons. The molecule has 1 aromatic carbocycles. The monoisotopic (exact) mass is 195 g/mol. The van der Waals surface area contributed by atoms with E-state index in [0.717, 1.165) is 36.3 Å². The first-order chi connectivity index (χ1) is 6.43. The van der Waals surface area contributed by atoms with Crippen molar-refractivity contribution < 1.29 is 4.55 Å². The van der Waals surface area contributed by atoms with E-state index in [4.69, 9.17) is 4.55 Å². The highest BCUT2D eigenvalue weighted by molar-refractivity contribution is 7.93. The Bertz CT molecular complexity index is 248. The number of nitrogens with zero attached hydrogens (tertiary/aromatic N) is 1. The third kappa shape index (κ3) is 4.70. The highest BCUT2D eigenvalue weighted by Crippen LogP contribution is 1.96. The zero-order chi connectivity index (χ0) is 9.36. The van der Waals surface area contributed by atoms with Crippen molar-refractivity contribution in [1.82, 2.24) is 0 Å². The average molecular weight is 195 g/mol. The second-order valence-electron chi connectivity index (χ2n) is 2.63. The Hall–Kier alpha value is -0.800. The van der Waals surface area contributed by atoms with Gasteiger partial charge in [-0.05, 0) is 24.0 Å². The fourth-order valence-electron chi connectivity index (χ4n) is 0.929. The first kappa shape index (κ1) is 10.3. The molecule has 1 rings (SSSR count). The summed E-state index contributed by atoms with van der Waals surface area (Å²) < 4.78 is 8.45. The van der Waals surface area contributed by atoms with E-state index in [9.17, 15) is 0 Å². The number of aliphatic imine (C=N–C) groups is 1. The van der Waals surface area contributed by atoms with Gasteiger partial charge in [0.05, 0.1) is 0 Å². The molecule has 1 N–H and O–H groups in total. The molecule has 0 unspecified atom stereocenters. The minimum absolute atomic E-state index is 0.756. The summed E-state index contributed by atoms with van der Waals surface area (Å²) in [5.74, 6) is 0.756. The summed E-state index contributed by atoms with van der Waals surface area (Å²) in [6, 6.07) is 10.0. The first-order valence-corrected chi connectivity index (χ1v) is 5.19. The standard InChI is InChI=1S/C10H13NOS/c12-13-8-4-7-11-9-10-5-2-1-3-6-10/h1-3,5-6,9,12H,4,7-8H2/b11-9+. The summed E-state index contributed by atoms with van der Waals surface area (Å²) in [4.78, 5) is 4.23. The topological polar surface area (TPSA) is 32.6 Å². The quantitative estimate of drug-likeness (QED) is 0.445. The van der Waals surface area contributed by atoms with Crippen LogP contribution in [-0.2, 0) is 0 Å². The van der Waals surface area contributed by atoms with Gasteiger partial charge in [-0.1, -0.05) is 30.3 Å². The van der Waals surface area contributed by atoms with E-state index >= 15 is 0 Å². The molecule has 0 amide bonds. The van der Waals surface area contributed by atoms with Gasteiger partial charge < -0.3 is 4.55 Å². The van der Waals surface area contributed by atoms with Gasteiger partial charge in [0, 0.05) is 18.5 Å². The molecule has 13 heavy (non-hydrogen) atoms. The molecule has 0 aliphatic rings. The Labute approximate surface area is 82.9 Å². The fourth-order valence-corrected chi connectivity index (χ4v) is 1.19. The lowest BCUT2D eigenvalue weighted by Crippen LogP contribution is -1.86. The van der Waals surface area contributed by atoms with Crippen molar-refractivity contribution in [3.8, 4) is 0 Å². The van der Waals surface area contributed by atoms with Gasteiger partial charge in [0.2, 0.25) is 0 Å². The Morgan fingerprint density at radius 2 is 2.08 bits per heavy atom. The minimum atomic E-state index is 0.756. The van der Waals surface area contributed by atoms with Crippen molar-refractivity contribution >= 4 is 18.3 Å². The zero-order valence-electron chi connectivity index (χ0n) is 7.39. The van der Waals surface area contributed by atoms with E-state index in [-0.39, 0.29) is 0 Å². The van der Waals surface area contributed by atoms with Crippen LogP contribution in [0.4, 0.5) is 0 Å². The lowest BCUT2D eigenvalue weighted by atomic mass is 10.2. The highest BCUT2D eigenvalue weighted by Gasteiger charge is 1.85. The third-order valence-electron chi connectivity index (χ3n) is 1.56. The lowest BCUT2D eigenvalue weighted by Gasteiger charge is -1.92. The van der Waals surface area contributed by atoms with Crippen LogP contribution in [-0.4, -0.2) is 23.1 Å². The lowest BCUT2D eigenvalue weighted by molar-refractivity contribution is 0.661. The number of benzene rings is 1. The number of hydrogen-bond acceptors (Lipinski definition) is 3. The van der Waals surface area contributed by atoms with Gasteiger partial charge in [-0.2, -0.15) is 0 Å². The molecule has 0 saturated carbocycles. The van der Waals surface area contributed by atoms with E-state index in [2.05, 4.69) is 4.99 Å². The van der Waals surface area contributed by atoms with Crippen LogP contribution in [0.3, 0.4) is 0 Å². The predicted molar refractivity (Wildman–Crippen MR) is 58.6 cm³/mol. The van der Waals surface area contributed by atoms with Crippen LogP contribution < -0.4 is 0 Å². The van der Waals surface area contributed by atoms with Crippen LogP contribution in [0, 0.1) is 0 Å². The molecule has 0 aliphatic heterocycles. The molecule has 0 aliphatic carbocycles. The molecular formula is C10H13NOS. The molecule has 2 nitrogen and oxygen atoms in total. The van der Waals surface area contributed by atoms with Crippen LogP contribution in [0.15, 0.2) is 35.3 Å². The van der Waals surface area contributed by atoms with Crippen LogP contribution >= 0.6 is 12.0 Å². The third-order valence-corrected chi connectivity index (χ3v) is 2.03. The van der Waals surface area contributed by atoms with Gasteiger partial charge in [-0.15, -0.1) is 0 Å². The van der Waals surface area contributed by atoms with Gasteiger partial charge >= 0.3 is 0 Å². The molecule has 0 spiro atoms. The summed E-state index contributed by atoms with van der Waals surface area (Å²) in [6.07, 6.45) is 2.78. The molecular weight excluding hydrogens is 182 g/mol. The average Bonchev–Trinajstić information content (AvgIpc) is 2.19. The van der Waals surface area contributed by atoms with Crippen molar-refractivity contribution in [2.75, 3.05) is 12.3 Å². The smallest absolute Gasteiger partial charge is 0.0398 e. The van der Waals surface area contributed by atoms with Gasteiger partial charge in [-0.25, -0.2) is 0 Å². The van der Waals surface area contributed by atoms with Gasteiger partial charge in [0.1, 0.15) is 0 Å². The SMILES string of the molecule is OSCCC/N=C/c1ccccc1. The maximum absolute atomic E-state index is 8.45. The maximum atomic E-state index is 8.45. The van der Waals surface area contributed by atoms with E-state index < -0.39 is 0 Å². The van der Waals surface area contributed by atoms with E-state index in [1.54, 1.807) is 0 Å². The summed E-state index contributed by atoms with van der Waals surface area (Å²) in [6.45, 7) is 0.780. The summed E-state index contributed by atoms with van der Waals surface area (Å²) in [5.41, 5.74) is 1.12. The van der Waals surface area contributed by atoms with Crippen LogP contribution in [0.2, 0.25) is 0 Å². The molecule has 70 valence electrons.